The maximum atomic E-state index is 12.1. The zero-order valence-electron chi connectivity index (χ0n) is 17.4. The minimum absolute atomic E-state index is 0.0310. The fraction of sp³-hybridized carbons (Fsp3) is 0.200. The van der Waals surface area contributed by atoms with E-state index in [0.717, 1.165) is 40.3 Å². The zero-order chi connectivity index (χ0) is 22.3. The number of aryl methyl sites for hydroxylation is 1. The second-order valence-corrected chi connectivity index (χ2v) is 8.30. The first-order valence-corrected chi connectivity index (χ1v) is 11.2. The molecule has 0 bridgehead atoms. The molecule has 0 fully saturated rings. The summed E-state index contributed by atoms with van der Waals surface area (Å²) in [6.07, 6.45) is 1.53. The van der Waals surface area contributed by atoms with Crippen molar-refractivity contribution in [3.05, 3.63) is 94.2 Å². The van der Waals surface area contributed by atoms with Crippen LogP contribution < -0.4 is 10.1 Å². The standard InChI is InChI=1S/C25H23Cl2N3O2/c26-19-9-7-18(8-10-19)16-30-23-5-2-1-4-22(23)29-24(30)6-3-15-28-25(31)17-32-21-13-11-20(27)12-14-21/h1-2,4-5,7-14H,3,6,15-17H2,(H,28,31). The molecule has 164 valence electrons. The normalized spacial score (nSPS) is 10.9. The first-order chi connectivity index (χ1) is 15.6. The summed E-state index contributed by atoms with van der Waals surface area (Å²) in [4.78, 5) is 16.9. The second kappa shape index (κ2) is 10.5. The van der Waals surface area contributed by atoms with Gasteiger partial charge in [0.2, 0.25) is 0 Å². The molecule has 4 rings (SSSR count). The Labute approximate surface area is 196 Å². The summed E-state index contributed by atoms with van der Waals surface area (Å²) in [5, 5.41) is 4.25. The fourth-order valence-electron chi connectivity index (χ4n) is 3.47. The number of imidazole rings is 1. The lowest BCUT2D eigenvalue weighted by molar-refractivity contribution is -0.123. The molecule has 1 aromatic heterocycles. The van der Waals surface area contributed by atoms with Gasteiger partial charge in [0, 0.05) is 29.6 Å². The largest absolute Gasteiger partial charge is 0.484 e. The van der Waals surface area contributed by atoms with Crippen LogP contribution in [0, 0.1) is 0 Å². The number of nitrogens with one attached hydrogen (secondary N) is 1. The third-order valence-corrected chi connectivity index (χ3v) is 5.57. The number of amides is 1. The molecule has 0 spiro atoms. The summed E-state index contributed by atoms with van der Waals surface area (Å²) in [5.74, 6) is 1.45. The number of nitrogens with zero attached hydrogens (tertiary/aromatic N) is 2. The molecule has 5 nitrogen and oxygen atoms in total. The zero-order valence-corrected chi connectivity index (χ0v) is 18.9. The average molecular weight is 468 g/mol. The van der Waals surface area contributed by atoms with Crippen molar-refractivity contribution < 1.29 is 9.53 Å². The summed E-state index contributed by atoms with van der Waals surface area (Å²) in [5.41, 5.74) is 3.22. The lowest BCUT2D eigenvalue weighted by atomic mass is 10.2. The van der Waals surface area contributed by atoms with Gasteiger partial charge in [-0.25, -0.2) is 4.98 Å². The molecule has 0 saturated carbocycles. The highest BCUT2D eigenvalue weighted by Gasteiger charge is 2.11. The smallest absolute Gasteiger partial charge is 0.257 e. The van der Waals surface area contributed by atoms with Crippen molar-refractivity contribution >= 4 is 40.1 Å². The van der Waals surface area contributed by atoms with Gasteiger partial charge in [-0.05, 0) is 60.5 Å². The van der Waals surface area contributed by atoms with Gasteiger partial charge in [0.1, 0.15) is 11.6 Å². The van der Waals surface area contributed by atoms with Crippen molar-refractivity contribution in [2.45, 2.75) is 19.4 Å². The van der Waals surface area contributed by atoms with Gasteiger partial charge in [-0.1, -0.05) is 47.5 Å². The third kappa shape index (κ3) is 5.81. The number of benzene rings is 3. The van der Waals surface area contributed by atoms with Crippen LogP contribution in [0.3, 0.4) is 0 Å². The number of hydrogen-bond acceptors (Lipinski definition) is 3. The van der Waals surface area contributed by atoms with Crippen LogP contribution in [-0.2, 0) is 17.8 Å². The average Bonchev–Trinajstić information content (AvgIpc) is 3.15. The van der Waals surface area contributed by atoms with Crippen molar-refractivity contribution in [3.63, 3.8) is 0 Å². The molecule has 4 aromatic rings. The van der Waals surface area contributed by atoms with Gasteiger partial charge in [0.25, 0.3) is 5.91 Å². The maximum absolute atomic E-state index is 12.1. The van der Waals surface area contributed by atoms with E-state index in [4.69, 9.17) is 32.9 Å². The summed E-state index contributed by atoms with van der Waals surface area (Å²) < 4.78 is 7.70. The summed E-state index contributed by atoms with van der Waals surface area (Å²) in [6.45, 7) is 1.23. The lowest BCUT2D eigenvalue weighted by Gasteiger charge is -2.11. The molecule has 0 unspecified atom stereocenters. The van der Waals surface area contributed by atoms with E-state index in [0.29, 0.717) is 23.9 Å². The van der Waals surface area contributed by atoms with Gasteiger partial charge in [-0.15, -0.1) is 0 Å². The summed E-state index contributed by atoms with van der Waals surface area (Å²) in [6, 6.07) is 22.9. The molecule has 0 aliphatic carbocycles. The van der Waals surface area contributed by atoms with Crippen LogP contribution in [0.5, 0.6) is 5.75 Å². The van der Waals surface area contributed by atoms with E-state index in [-0.39, 0.29) is 12.5 Å². The van der Waals surface area contributed by atoms with Crippen LogP contribution in [-0.4, -0.2) is 28.6 Å². The second-order valence-electron chi connectivity index (χ2n) is 7.43. The number of rotatable bonds is 9. The van der Waals surface area contributed by atoms with Crippen molar-refractivity contribution in [1.82, 2.24) is 14.9 Å². The van der Waals surface area contributed by atoms with E-state index in [9.17, 15) is 4.79 Å². The molecule has 0 aliphatic heterocycles. The molecule has 0 aliphatic rings. The minimum atomic E-state index is -0.158. The fourth-order valence-corrected chi connectivity index (χ4v) is 3.72. The molecule has 0 radical (unpaired) electrons. The van der Waals surface area contributed by atoms with Crippen LogP contribution in [0.25, 0.3) is 11.0 Å². The number of para-hydroxylation sites is 2. The predicted octanol–water partition coefficient (Wildman–Crippen LogP) is 5.52. The van der Waals surface area contributed by atoms with Crippen LogP contribution in [0.15, 0.2) is 72.8 Å². The Morgan fingerprint density at radius 1 is 0.938 bits per heavy atom. The number of carbonyl (C=O) groups is 1. The number of aromatic nitrogens is 2. The predicted molar refractivity (Wildman–Crippen MR) is 129 cm³/mol. The van der Waals surface area contributed by atoms with Gasteiger partial charge in [0.05, 0.1) is 11.0 Å². The van der Waals surface area contributed by atoms with Crippen LogP contribution in [0.2, 0.25) is 10.0 Å². The van der Waals surface area contributed by atoms with E-state index >= 15 is 0 Å². The Morgan fingerprint density at radius 2 is 1.62 bits per heavy atom. The number of ether oxygens (including phenoxy) is 1. The summed E-state index contributed by atoms with van der Waals surface area (Å²) in [7, 11) is 0. The van der Waals surface area contributed by atoms with Crippen molar-refractivity contribution in [2.24, 2.45) is 0 Å². The van der Waals surface area contributed by atoms with Gasteiger partial charge >= 0.3 is 0 Å². The van der Waals surface area contributed by atoms with Gasteiger partial charge in [0.15, 0.2) is 6.61 Å². The van der Waals surface area contributed by atoms with Gasteiger partial charge in [-0.3, -0.25) is 4.79 Å². The van der Waals surface area contributed by atoms with Crippen molar-refractivity contribution in [3.8, 4) is 5.75 Å². The molecule has 0 saturated heterocycles. The molecular weight excluding hydrogens is 445 g/mol. The number of fused-ring (bicyclic) bond motifs is 1. The Balaban J connectivity index is 1.33. The van der Waals surface area contributed by atoms with Crippen LogP contribution in [0.1, 0.15) is 17.8 Å². The molecule has 32 heavy (non-hydrogen) atoms. The van der Waals surface area contributed by atoms with Crippen LogP contribution in [0.4, 0.5) is 0 Å². The first kappa shape index (κ1) is 22.2. The molecule has 3 aromatic carbocycles. The van der Waals surface area contributed by atoms with E-state index < -0.39 is 0 Å². The van der Waals surface area contributed by atoms with Crippen LogP contribution >= 0.6 is 23.2 Å². The molecule has 1 N–H and O–H groups in total. The highest BCUT2D eigenvalue weighted by molar-refractivity contribution is 6.30. The van der Waals surface area contributed by atoms with Gasteiger partial charge < -0.3 is 14.6 Å². The number of halogens is 2. The highest BCUT2D eigenvalue weighted by atomic mass is 35.5. The van der Waals surface area contributed by atoms with Gasteiger partial charge in [-0.2, -0.15) is 0 Å². The maximum Gasteiger partial charge on any atom is 0.257 e. The first-order valence-electron chi connectivity index (χ1n) is 10.4. The topological polar surface area (TPSA) is 56.1 Å². The molecule has 1 amide bonds. The van der Waals surface area contributed by atoms with E-state index in [1.807, 2.05) is 42.5 Å². The van der Waals surface area contributed by atoms with Crippen molar-refractivity contribution in [1.29, 1.82) is 0 Å². The van der Waals surface area contributed by atoms with E-state index in [1.165, 1.54) is 0 Å². The quantitative estimate of drug-likeness (QED) is 0.329. The third-order valence-electron chi connectivity index (χ3n) is 5.07. The Kier molecular flexibility index (Phi) is 7.30. The Morgan fingerprint density at radius 3 is 2.38 bits per heavy atom. The lowest BCUT2D eigenvalue weighted by Crippen LogP contribution is -2.30. The number of carbonyl (C=O) groups excluding carboxylic acids is 1. The highest BCUT2D eigenvalue weighted by Crippen LogP contribution is 2.20. The molecule has 0 atom stereocenters. The Bertz CT molecular complexity index is 1190. The molecular formula is C25H23Cl2N3O2. The molecule has 1 heterocycles. The van der Waals surface area contributed by atoms with E-state index in [1.54, 1.807) is 24.3 Å². The summed E-state index contributed by atoms with van der Waals surface area (Å²) >= 11 is 11.9. The van der Waals surface area contributed by atoms with E-state index in [2.05, 4.69) is 16.0 Å². The Hall–Kier alpha value is -3.02. The number of hydrogen-bond donors (Lipinski definition) is 1. The SMILES string of the molecule is O=C(COc1ccc(Cl)cc1)NCCCc1nc2ccccc2n1Cc1ccc(Cl)cc1. The monoisotopic (exact) mass is 467 g/mol. The molecule has 7 heteroatoms. The minimum Gasteiger partial charge on any atom is -0.484 e. The van der Waals surface area contributed by atoms with Crippen molar-refractivity contribution in [2.75, 3.05) is 13.2 Å².